The van der Waals surface area contributed by atoms with E-state index in [1.54, 1.807) is 49.4 Å². The van der Waals surface area contributed by atoms with Crippen LogP contribution in [-0.4, -0.2) is 56.6 Å². The van der Waals surface area contributed by atoms with Gasteiger partial charge >= 0.3 is 0 Å². The first-order chi connectivity index (χ1) is 18.1. The van der Waals surface area contributed by atoms with Crippen molar-refractivity contribution in [3.05, 3.63) is 58.1 Å². The number of benzene rings is 2. The van der Waals surface area contributed by atoms with Crippen LogP contribution in [0.25, 0.3) is 0 Å². The molecule has 0 unspecified atom stereocenters. The van der Waals surface area contributed by atoms with Crippen molar-refractivity contribution in [1.29, 1.82) is 0 Å². The number of nitrogens with one attached hydrogen (secondary N) is 1. The summed E-state index contributed by atoms with van der Waals surface area (Å²) in [4.78, 5) is 28.7. The van der Waals surface area contributed by atoms with Gasteiger partial charge in [0.15, 0.2) is 0 Å². The summed E-state index contributed by atoms with van der Waals surface area (Å²) in [6, 6.07) is 10.8. The molecule has 1 fully saturated rings. The molecule has 0 spiro atoms. The molecule has 2 aromatic carbocycles. The fourth-order valence-electron chi connectivity index (χ4n) is 4.68. The maximum atomic E-state index is 13.9. The average Bonchev–Trinajstić information content (AvgIpc) is 3.37. The molecular weight excluding hydrogens is 549 g/mol. The summed E-state index contributed by atoms with van der Waals surface area (Å²) in [5, 5.41) is 3.77. The molecule has 0 radical (unpaired) electrons. The van der Waals surface area contributed by atoms with Crippen LogP contribution in [0, 0.1) is 0 Å². The van der Waals surface area contributed by atoms with Gasteiger partial charge in [-0.05, 0) is 50.5 Å². The number of carbonyl (C=O) groups is 2. The molecule has 8 nitrogen and oxygen atoms in total. The highest BCUT2D eigenvalue weighted by atomic mass is 35.5. The monoisotopic (exact) mass is 583 g/mol. The summed E-state index contributed by atoms with van der Waals surface area (Å²) in [5.41, 5.74) is 0.723. The van der Waals surface area contributed by atoms with Crippen LogP contribution < -0.4 is 14.4 Å². The molecule has 0 saturated heterocycles. The maximum absolute atomic E-state index is 13.9. The van der Waals surface area contributed by atoms with Crippen LogP contribution in [-0.2, 0) is 26.2 Å². The van der Waals surface area contributed by atoms with Gasteiger partial charge in [0.2, 0.25) is 21.8 Å². The van der Waals surface area contributed by atoms with Gasteiger partial charge in [-0.15, -0.1) is 0 Å². The van der Waals surface area contributed by atoms with E-state index in [2.05, 4.69) is 5.32 Å². The van der Waals surface area contributed by atoms with Crippen molar-refractivity contribution in [1.82, 2.24) is 10.2 Å². The van der Waals surface area contributed by atoms with Crippen LogP contribution in [0.3, 0.4) is 0 Å². The summed E-state index contributed by atoms with van der Waals surface area (Å²) in [6.45, 7) is 3.33. The zero-order valence-corrected chi connectivity index (χ0v) is 24.3. The Kier molecular flexibility index (Phi) is 10.7. The summed E-state index contributed by atoms with van der Waals surface area (Å²) < 4.78 is 32.4. The number of anilines is 1. The van der Waals surface area contributed by atoms with Crippen molar-refractivity contribution >= 4 is 50.7 Å². The highest BCUT2D eigenvalue weighted by molar-refractivity contribution is 7.92. The molecule has 208 valence electrons. The lowest BCUT2D eigenvalue weighted by molar-refractivity contribution is -0.140. The van der Waals surface area contributed by atoms with Gasteiger partial charge < -0.3 is 15.0 Å². The van der Waals surface area contributed by atoms with Crippen molar-refractivity contribution < 1.29 is 22.7 Å². The third kappa shape index (κ3) is 7.55. The number of para-hydroxylation sites is 2. The molecule has 1 atom stereocenters. The minimum absolute atomic E-state index is 0.0569. The average molecular weight is 585 g/mol. The molecule has 0 aliphatic heterocycles. The summed E-state index contributed by atoms with van der Waals surface area (Å²) >= 11 is 12.9. The Morgan fingerprint density at radius 2 is 1.68 bits per heavy atom. The van der Waals surface area contributed by atoms with E-state index < -0.39 is 28.5 Å². The fourth-order valence-corrected chi connectivity index (χ4v) is 6.05. The third-order valence-electron chi connectivity index (χ3n) is 6.59. The van der Waals surface area contributed by atoms with Gasteiger partial charge in [-0.2, -0.15) is 0 Å². The van der Waals surface area contributed by atoms with Crippen molar-refractivity contribution in [2.45, 2.75) is 64.6 Å². The largest absolute Gasteiger partial charge is 0.492 e. The second-order valence-corrected chi connectivity index (χ2v) is 12.0. The lowest BCUT2D eigenvalue weighted by Gasteiger charge is -2.34. The van der Waals surface area contributed by atoms with Gasteiger partial charge in [-0.25, -0.2) is 8.42 Å². The SMILES string of the molecule is CCOc1ccccc1N(CC(=O)N(Cc1c(Cl)cccc1Cl)[C@H](CC)C(=O)NC1CCCC1)S(C)(=O)=O. The molecule has 2 aromatic rings. The van der Waals surface area contributed by atoms with Crippen LogP contribution in [0.1, 0.15) is 51.5 Å². The molecule has 1 aliphatic carbocycles. The molecule has 0 bridgehead atoms. The molecule has 1 aliphatic rings. The van der Waals surface area contributed by atoms with E-state index in [-0.39, 0.29) is 24.2 Å². The van der Waals surface area contributed by atoms with E-state index in [0.717, 1.165) is 36.2 Å². The topological polar surface area (TPSA) is 96.0 Å². The van der Waals surface area contributed by atoms with E-state index in [4.69, 9.17) is 27.9 Å². The Hall–Kier alpha value is -2.49. The lowest BCUT2D eigenvalue weighted by Crippen LogP contribution is -2.53. The van der Waals surface area contributed by atoms with Gasteiger partial charge in [0.05, 0.1) is 18.6 Å². The predicted molar refractivity (Wildman–Crippen MR) is 151 cm³/mol. The standard InChI is InChI=1S/C27H35Cl2N3O5S/c1-4-23(27(34)30-19-11-6-7-12-19)31(17-20-21(28)13-10-14-22(20)29)26(33)18-32(38(3,35)36)24-15-8-9-16-25(24)37-5-2/h8-10,13-16,19,23H,4-7,11-12,17-18H2,1-3H3,(H,30,34)/t23-/m1/s1. The molecule has 1 saturated carbocycles. The first kappa shape index (κ1) is 30.1. The number of sulfonamides is 1. The Balaban J connectivity index is 2.00. The Bertz CT molecular complexity index is 1210. The fraction of sp³-hybridized carbons (Fsp3) is 0.481. The predicted octanol–water partition coefficient (Wildman–Crippen LogP) is 5.02. The van der Waals surface area contributed by atoms with Gasteiger partial charge in [0, 0.05) is 28.2 Å². The molecule has 11 heteroatoms. The minimum atomic E-state index is -3.89. The highest BCUT2D eigenvalue weighted by Crippen LogP contribution is 2.31. The van der Waals surface area contributed by atoms with Crippen LogP contribution in [0.4, 0.5) is 5.69 Å². The van der Waals surface area contributed by atoms with Crippen LogP contribution in [0.2, 0.25) is 10.0 Å². The van der Waals surface area contributed by atoms with Crippen LogP contribution >= 0.6 is 23.2 Å². The zero-order valence-electron chi connectivity index (χ0n) is 22.0. The van der Waals surface area contributed by atoms with Crippen molar-refractivity contribution in [2.75, 3.05) is 23.7 Å². The molecule has 0 aromatic heterocycles. The van der Waals surface area contributed by atoms with Gasteiger partial charge in [0.25, 0.3) is 0 Å². The lowest BCUT2D eigenvalue weighted by atomic mass is 10.1. The number of ether oxygens (including phenoxy) is 1. The Morgan fingerprint density at radius 3 is 2.26 bits per heavy atom. The third-order valence-corrected chi connectivity index (χ3v) is 8.43. The Labute approximate surface area is 235 Å². The van der Waals surface area contributed by atoms with Crippen molar-refractivity contribution in [3.8, 4) is 5.75 Å². The first-order valence-electron chi connectivity index (χ1n) is 12.8. The van der Waals surface area contributed by atoms with Crippen LogP contribution in [0.15, 0.2) is 42.5 Å². The van der Waals surface area contributed by atoms with E-state index in [9.17, 15) is 18.0 Å². The summed E-state index contributed by atoms with van der Waals surface area (Å²) in [5.74, 6) is -0.511. The molecule has 3 rings (SSSR count). The minimum Gasteiger partial charge on any atom is -0.492 e. The number of halogens is 2. The first-order valence-corrected chi connectivity index (χ1v) is 15.4. The Morgan fingerprint density at radius 1 is 1.05 bits per heavy atom. The number of hydrogen-bond acceptors (Lipinski definition) is 5. The van der Waals surface area contributed by atoms with E-state index >= 15 is 0 Å². The van der Waals surface area contributed by atoms with Gasteiger partial charge in [0.1, 0.15) is 18.3 Å². The van der Waals surface area contributed by atoms with E-state index in [0.29, 0.717) is 34.4 Å². The smallest absolute Gasteiger partial charge is 0.244 e. The maximum Gasteiger partial charge on any atom is 0.244 e. The van der Waals surface area contributed by atoms with Crippen LogP contribution in [0.5, 0.6) is 5.75 Å². The number of rotatable bonds is 12. The number of amides is 2. The highest BCUT2D eigenvalue weighted by Gasteiger charge is 2.34. The zero-order chi connectivity index (χ0) is 27.9. The molecular formula is C27H35Cl2N3O5S. The number of hydrogen-bond donors (Lipinski definition) is 1. The normalized spacial score (nSPS) is 14.7. The molecule has 38 heavy (non-hydrogen) atoms. The molecule has 1 N–H and O–H groups in total. The number of carbonyl (C=O) groups excluding carboxylic acids is 2. The molecule has 0 heterocycles. The van der Waals surface area contributed by atoms with Gasteiger partial charge in [-0.3, -0.25) is 13.9 Å². The molecule has 2 amide bonds. The summed E-state index contributed by atoms with van der Waals surface area (Å²) in [7, 11) is -3.89. The van der Waals surface area contributed by atoms with Gasteiger partial charge in [-0.1, -0.05) is 61.2 Å². The van der Waals surface area contributed by atoms with E-state index in [1.807, 2.05) is 6.92 Å². The van der Waals surface area contributed by atoms with Crippen molar-refractivity contribution in [2.24, 2.45) is 0 Å². The van der Waals surface area contributed by atoms with E-state index in [1.165, 1.54) is 4.90 Å². The second-order valence-electron chi connectivity index (χ2n) is 9.31. The summed E-state index contributed by atoms with van der Waals surface area (Å²) in [6.07, 6.45) is 5.22. The quantitative estimate of drug-likeness (QED) is 0.378. The van der Waals surface area contributed by atoms with Crippen molar-refractivity contribution in [3.63, 3.8) is 0 Å². The second kappa shape index (κ2) is 13.5. The number of nitrogens with zero attached hydrogens (tertiary/aromatic N) is 2.